The van der Waals surface area contributed by atoms with Gasteiger partial charge in [-0.05, 0) is 29.8 Å². The van der Waals surface area contributed by atoms with Crippen molar-refractivity contribution in [2.45, 2.75) is 19.3 Å². The molecular weight excluding hydrogens is 284 g/mol. The van der Waals surface area contributed by atoms with Crippen LogP contribution in [0.4, 0.5) is 0 Å². The number of benzene rings is 2. The maximum Gasteiger partial charge on any atom is 0.320 e. The Hall–Kier alpha value is -2.82. The molecule has 0 unspecified atom stereocenters. The zero-order valence-corrected chi connectivity index (χ0v) is 11.7. The normalized spacial score (nSPS) is 15.1. The van der Waals surface area contributed by atoms with E-state index in [0.717, 1.165) is 5.56 Å². The van der Waals surface area contributed by atoms with Crippen LogP contribution in [0.2, 0.25) is 0 Å². The van der Waals surface area contributed by atoms with E-state index in [0.29, 0.717) is 17.9 Å². The Balaban J connectivity index is 1.62. The standard InChI is InChI=1S/C17H14O5/c18-15-10-16(19)22-17(21-15)13-6-8-14(9-7-13)20-11-12-4-2-1-3-5-12/h1-9,17H,10-11H2. The summed E-state index contributed by atoms with van der Waals surface area (Å²) in [5, 5.41) is 0. The first-order valence-electron chi connectivity index (χ1n) is 6.86. The predicted octanol–water partition coefficient (Wildman–Crippen LogP) is 2.75. The van der Waals surface area contributed by atoms with E-state index in [1.165, 1.54) is 0 Å². The van der Waals surface area contributed by atoms with E-state index in [9.17, 15) is 9.59 Å². The molecule has 3 rings (SSSR count). The molecule has 0 bridgehead atoms. The Morgan fingerprint density at radius 2 is 1.55 bits per heavy atom. The highest BCUT2D eigenvalue weighted by atomic mass is 16.7. The van der Waals surface area contributed by atoms with Crippen LogP contribution in [-0.4, -0.2) is 11.9 Å². The van der Waals surface area contributed by atoms with E-state index in [2.05, 4.69) is 0 Å². The molecule has 0 spiro atoms. The molecule has 2 aromatic rings. The summed E-state index contributed by atoms with van der Waals surface area (Å²) >= 11 is 0. The van der Waals surface area contributed by atoms with Gasteiger partial charge in [0.25, 0.3) is 6.29 Å². The summed E-state index contributed by atoms with van der Waals surface area (Å²) in [5.74, 6) is -0.475. The Morgan fingerprint density at radius 1 is 0.909 bits per heavy atom. The maximum absolute atomic E-state index is 11.2. The highest BCUT2D eigenvalue weighted by Gasteiger charge is 2.28. The Bertz CT molecular complexity index is 647. The topological polar surface area (TPSA) is 61.8 Å². The van der Waals surface area contributed by atoms with Gasteiger partial charge >= 0.3 is 11.9 Å². The van der Waals surface area contributed by atoms with Gasteiger partial charge in [0, 0.05) is 5.56 Å². The van der Waals surface area contributed by atoms with Gasteiger partial charge < -0.3 is 14.2 Å². The van der Waals surface area contributed by atoms with E-state index in [-0.39, 0.29) is 6.42 Å². The number of ether oxygens (including phenoxy) is 3. The summed E-state index contributed by atoms with van der Waals surface area (Å²) < 4.78 is 15.6. The monoisotopic (exact) mass is 298 g/mol. The molecule has 0 radical (unpaired) electrons. The van der Waals surface area contributed by atoms with Gasteiger partial charge in [-0.25, -0.2) is 0 Å². The molecule has 2 aromatic carbocycles. The van der Waals surface area contributed by atoms with Crippen molar-refractivity contribution in [3.8, 4) is 5.75 Å². The zero-order valence-electron chi connectivity index (χ0n) is 11.7. The van der Waals surface area contributed by atoms with Crippen LogP contribution in [-0.2, 0) is 25.7 Å². The third-order valence-electron chi connectivity index (χ3n) is 3.17. The highest BCUT2D eigenvalue weighted by Crippen LogP contribution is 2.26. The number of rotatable bonds is 4. The summed E-state index contributed by atoms with van der Waals surface area (Å²) in [5.41, 5.74) is 1.66. The number of esters is 2. The summed E-state index contributed by atoms with van der Waals surface area (Å²) in [6, 6.07) is 16.7. The van der Waals surface area contributed by atoms with E-state index in [4.69, 9.17) is 14.2 Å². The predicted molar refractivity (Wildman–Crippen MR) is 76.8 cm³/mol. The van der Waals surface area contributed by atoms with Crippen LogP contribution in [0.5, 0.6) is 5.75 Å². The smallest absolute Gasteiger partial charge is 0.320 e. The second-order valence-corrected chi connectivity index (χ2v) is 4.83. The molecule has 0 atom stereocenters. The van der Waals surface area contributed by atoms with E-state index >= 15 is 0 Å². The lowest BCUT2D eigenvalue weighted by molar-refractivity contribution is -0.204. The van der Waals surface area contributed by atoms with Crippen LogP contribution in [0.15, 0.2) is 54.6 Å². The lowest BCUT2D eigenvalue weighted by Crippen LogP contribution is -2.26. The number of carbonyl (C=O) groups excluding carboxylic acids is 2. The fourth-order valence-electron chi connectivity index (χ4n) is 2.06. The van der Waals surface area contributed by atoms with E-state index in [1.807, 2.05) is 30.3 Å². The molecule has 1 aliphatic rings. The fraction of sp³-hybridized carbons (Fsp3) is 0.176. The molecule has 112 valence electrons. The molecule has 0 amide bonds. The van der Waals surface area contributed by atoms with Crippen molar-refractivity contribution in [2.24, 2.45) is 0 Å². The van der Waals surface area contributed by atoms with Crippen LogP contribution >= 0.6 is 0 Å². The van der Waals surface area contributed by atoms with Crippen molar-refractivity contribution in [3.63, 3.8) is 0 Å². The lowest BCUT2D eigenvalue weighted by atomic mass is 10.2. The molecule has 0 aliphatic carbocycles. The summed E-state index contributed by atoms with van der Waals surface area (Å²) in [4.78, 5) is 22.5. The molecular formula is C17H14O5. The van der Waals surface area contributed by atoms with Crippen LogP contribution in [0.25, 0.3) is 0 Å². The average Bonchev–Trinajstić information content (AvgIpc) is 2.53. The number of carbonyl (C=O) groups is 2. The molecule has 0 saturated carbocycles. The molecule has 1 heterocycles. The van der Waals surface area contributed by atoms with Gasteiger partial charge in [-0.1, -0.05) is 30.3 Å². The maximum atomic E-state index is 11.2. The number of hydrogen-bond acceptors (Lipinski definition) is 5. The fourth-order valence-corrected chi connectivity index (χ4v) is 2.06. The first-order valence-corrected chi connectivity index (χ1v) is 6.86. The molecule has 0 N–H and O–H groups in total. The van der Waals surface area contributed by atoms with Gasteiger partial charge in [0.15, 0.2) is 0 Å². The molecule has 1 saturated heterocycles. The second kappa shape index (κ2) is 6.30. The summed E-state index contributed by atoms with van der Waals surface area (Å²) in [6.45, 7) is 0.466. The van der Waals surface area contributed by atoms with Crippen LogP contribution < -0.4 is 4.74 Å². The van der Waals surface area contributed by atoms with Gasteiger partial charge in [-0.15, -0.1) is 0 Å². The minimum absolute atomic E-state index is 0.339. The van der Waals surface area contributed by atoms with Crippen molar-refractivity contribution < 1.29 is 23.8 Å². The molecule has 5 heteroatoms. The second-order valence-electron chi connectivity index (χ2n) is 4.83. The summed E-state index contributed by atoms with van der Waals surface area (Å²) in [6.07, 6.45) is -1.31. The molecule has 1 aliphatic heterocycles. The third-order valence-corrected chi connectivity index (χ3v) is 3.17. The van der Waals surface area contributed by atoms with Crippen molar-refractivity contribution in [1.29, 1.82) is 0 Å². The highest BCUT2D eigenvalue weighted by molar-refractivity contribution is 5.92. The zero-order chi connectivity index (χ0) is 15.4. The minimum atomic E-state index is -0.975. The van der Waals surface area contributed by atoms with Crippen LogP contribution in [0, 0.1) is 0 Å². The van der Waals surface area contributed by atoms with Crippen molar-refractivity contribution in [2.75, 3.05) is 0 Å². The van der Waals surface area contributed by atoms with Gasteiger partial charge in [-0.3, -0.25) is 9.59 Å². The van der Waals surface area contributed by atoms with E-state index < -0.39 is 18.2 Å². The number of hydrogen-bond donors (Lipinski definition) is 0. The van der Waals surface area contributed by atoms with Gasteiger partial charge in [-0.2, -0.15) is 0 Å². The lowest BCUT2D eigenvalue weighted by Gasteiger charge is -2.22. The SMILES string of the molecule is O=C1CC(=O)OC(c2ccc(OCc3ccccc3)cc2)O1. The van der Waals surface area contributed by atoms with Crippen molar-refractivity contribution in [3.05, 3.63) is 65.7 Å². The van der Waals surface area contributed by atoms with Crippen LogP contribution in [0.1, 0.15) is 23.8 Å². The number of cyclic esters (lactones) is 2. The largest absolute Gasteiger partial charge is 0.489 e. The Labute approximate surface area is 127 Å². The molecule has 1 fully saturated rings. The quantitative estimate of drug-likeness (QED) is 0.641. The molecule has 0 aromatic heterocycles. The van der Waals surface area contributed by atoms with Gasteiger partial charge in [0.1, 0.15) is 18.8 Å². The molecule has 22 heavy (non-hydrogen) atoms. The Kier molecular flexibility index (Phi) is 4.05. The summed E-state index contributed by atoms with van der Waals surface area (Å²) in [7, 11) is 0. The van der Waals surface area contributed by atoms with Gasteiger partial charge in [0.2, 0.25) is 0 Å². The Morgan fingerprint density at radius 3 is 2.18 bits per heavy atom. The van der Waals surface area contributed by atoms with Crippen molar-refractivity contribution >= 4 is 11.9 Å². The van der Waals surface area contributed by atoms with E-state index in [1.54, 1.807) is 24.3 Å². The van der Waals surface area contributed by atoms with Gasteiger partial charge in [0.05, 0.1) is 0 Å². The first-order chi connectivity index (χ1) is 10.7. The molecule has 5 nitrogen and oxygen atoms in total. The first kappa shape index (κ1) is 14.1. The minimum Gasteiger partial charge on any atom is -0.489 e. The van der Waals surface area contributed by atoms with Crippen molar-refractivity contribution in [1.82, 2.24) is 0 Å². The average molecular weight is 298 g/mol. The third kappa shape index (κ3) is 3.44. The van der Waals surface area contributed by atoms with Crippen LogP contribution in [0.3, 0.4) is 0 Å².